The molecule has 0 aliphatic carbocycles. The molecule has 0 saturated carbocycles. The van der Waals surface area contributed by atoms with Crippen molar-refractivity contribution < 1.29 is 4.79 Å². The van der Waals surface area contributed by atoms with Crippen molar-refractivity contribution in [3.05, 3.63) is 48.8 Å². The number of benzene rings is 1. The highest BCUT2D eigenvalue weighted by Gasteiger charge is 1.99. The quantitative estimate of drug-likeness (QED) is 0.816. The lowest BCUT2D eigenvalue weighted by Crippen LogP contribution is -2.22. The summed E-state index contributed by atoms with van der Waals surface area (Å²) >= 11 is 1.20. The highest BCUT2D eigenvalue weighted by Crippen LogP contribution is 2.22. The lowest BCUT2D eigenvalue weighted by Gasteiger charge is -2.03. The summed E-state index contributed by atoms with van der Waals surface area (Å²) in [5.41, 5.74) is 7.20. The Morgan fingerprint density at radius 1 is 1.06 bits per heavy atom. The maximum absolute atomic E-state index is 10.5. The number of primary amides is 1. The summed E-state index contributed by atoms with van der Waals surface area (Å²) in [7, 11) is 0. The molecule has 0 saturated heterocycles. The average molecular weight is 245 g/mol. The molecule has 0 aliphatic rings. The molecule has 0 fully saturated rings. The Balaban J connectivity index is 2.11. The Morgan fingerprint density at radius 2 is 1.65 bits per heavy atom. The molecule has 86 valence electrons. The Bertz CT molecular complexity index is 499. The number of urea groups is 1. The van der Waals surface area contributed by atoms with Crippen LogP contribution < -0.4 is 10.5 Å². The van der Waals surface area contributed by atoms with E-state index in [2.05, 4.69) is 9.71 Å². The highest BCUT2D eigenvalue weighted by molar-refractivity contribution is 7.98. The first-order valence-corrected chi connectivity index (χ1v) is 5.80. The minimum Gasteiger partial charge on any atom is -0.351 e. The van der Waals surface area contributed by atoms with Crippen molar-refractivity contribution in [2.45, 2.75) is 4.90 Å². The number of nitrogens with one attached hydrogen (secondary N) is 1. The maximum Gasteiger partial charge on any atom is 0.322 e. The normalized spacial score (nSPS) is 9.88. The number of carbonyl (C=O) groups excluding carboxylic acids is 1. The molecule has 17 heavy (non-hydrogen) atoms. The van der Waals surface area contributed by atoms with Crippen molar-refractivity contribution in [1.82, 2.24) is 9.71 Å². The van der Waals surface area contributed by atoms with Crippen molar-refractivity contribution in [2.24, 2.45) is 5.73 Å². The van der Waals surface area contributed by atoms with E-state index in [0.29, 0.717) is 0 Å². The van der Waals surface area contributed by atoms with Gasteiger partial charge in [-0.25, -0.2) is 4.79 Å². The number of pyridine rings is 1. The minimum atomic E-state index is -0.548. The molecule has 4 nitrogen and oxygen atoms in total. The molecule has 2 rings (SSSR count). The third-order valence-corrected chi connectivity index (χ3v) is 2.95. The summed E-state index contributed by atoms with van der Waals surface area (Å²) < 4.78 is 2.47. The molecule has 0 aliphatic heterocycles. The Hall–Kier alpha value is -2.01. The molecule has 5 heteroatoms. The predicted octanol–water partition coefficient (Wildman–Crippen LogP) is 2.42. The van der Waals surface area contributed by atoms with Crippen molar-refractivity contribution in [1.29, 1.82) is 0 Å². The smallest absolute Gasteiger partial charge is 0.322 e. The first-order valence-electron chi connectivity index (χ1n) is 4.98. The molecule has 0 radical (unpaired) electrons. The molecule has 0 spiro atoms. The summed E-state index contributed by atoms with van der Waals surface area (Å²) in [6, 6.07) is 11.2. The van der Waals surface area contributed by atoms with Crippen LogP contribution in [0.5, 0.6) is 0 Å². The van der Waals surface area contributed by atoms with E-state index >= 15 is 0 Å². The van der Waals surface area contributed by atoms with Crippen LogP contribution in [0.2, 0.25) is 0 Å². The number of carbonyl (C=O) groups is 1. The Labute approximate surface area is 103 Å². The monoisotopic (exact) mass is 245 g/mol. The SMILES string of the molecule is NC(=O)NSc1ccc(-c2ccncc2)cc1. The number of nitrogens with zero attached hydrogens (tertiary/aromatic N) is 1. The largest absolute Gasteiger partial charge is 0.351 e. The van der Waals surface area contributed by atoms with Crippen LogP contribution in [0.3, 0.4) is 0 Å². The van der Waals surface area contributed by atoms with E-state index in [1.165, 1.54) is 11.9 Å². The van der Waals surface area contributed by atoms with Crippen molar-refractivity contribution in [3.8, 4) is 11.1 Å². The Morgan fingerprint density at radius 3 is 2.24 bits per heavy atom. The standard InChI is InChI=1S/C12H11N3OS/c13-12(16)15-17-11-3-1-9(2-4-11)10-5-7-14-8-6-10/h1-8H,(H3,13,15,16). The van der Waals surface area contributed by atoms with Gasteiger partial charge in [-0.3, -0.25) is 9.71 Å². The third kappa shape index (κ3) is 3.22. The van der Waals surface area contributed by atoms with Crippen molar-refractivity contribution in [2.75, 3.05) is 0 Å². The van der Waals surface area contributed by atoms with Gasteiger partial charge in [-0.2, -0.15) is 0 Å². The van der Waals surface area contributed by atoms with E-state index < -0.39 is 6.03 Å². The summed E-state index contributed by atoms with van der Waals surface area (Å²) in [6.45, 7) is 0. The maximum atomic E-state index is 10.5. The number of amides is 2. The van der Waals surface area contributed by atoms with E-state index in [-0.39, 0.29) is 0 Å². The lowest BCUT2D eigenvalue weighted by atomic mass is 10.1. The Kier molecular flexibility index (Phi) is 3.62. The highest BCUT2D eigenvalue weighted by atomic mass is 32.2. The van der Waals surface area contributed by atoms with E-state index in [1.54, 1.807) is 12.4 Å². The second kappa shape index (κ2) is 5.36. The van der Waals surface area contributed by atoms with Gasteiger partial charge in [0.1, 0.15) is 0 Å². The first kappa shape index (κ1) is 11.5. The van der Waals surface area contributed by atoms with Crippen LogP contribution in [-0.4, -0.2) is 11.0 Å². The summed E-state index contributed by atoms with van der Waals surface area (Å²) in [5.74, 6) is 0. The van der Waals surface area contributed by atoms with E-state index in [0.717, 1.165) is 16.0 Å². The topological polar surface area (TPSA) is 68.0 Å². The molecule has 2 aromatic rings. The number of hydrogen-bond donors (Lipinski definition) is 2. The zero-order chi connectivity index (χ0) is 12.1. The molecule has 1 aromatic heterocycles. The van der Waals surface area contributed by atoms with Crippen LogP contribution in [0, 0.1) is 0 Å². The van der Waals surface area contributed by atoms with Gasteiger partial charge in [0.05, 0.1) is 0 Å². The van der Waals surface area contributed by atoms with Crippen LogP contribution >= 0.6 is 11.9 Å². The van der Waals surface area contributed by atoms with Gasteiger partial charge < -0.3 is 5.73 Å². The van der Waals surface area contributed by atoms with Gasteiger partial charge in [0, 0.05) is 17.3 Å². The molecule has 2 amide bonds. The fourth-order valence-corrected chi connectivity index (χ4v) is 1.86. The van der Waals surface area contributed by atoms with Gasteiger partial charge in [-0.15, -0.1) is 0 Å². The molecule has 0 bridgehead atoms. The van der Waals surface area contributed by atoms with Gasteiger partial charge >= 0.3 is 6.03 Å². The van der Waals surface area contributed by atoms with Crippen LogP contribution in [0.25, 0.3) is 11.1 Å². The fraction of sp³-hybridized carbons (Fsp3) is 0. The second-order valence-corrected chi connectivity index (χ2v) is 4.21. The molecular weight excluding hydrogens is 234 g/mol. The number of rotatable bonds is 3. The summed E-state index contributed by atoms with van der Waals surface area (Å²) in [4.78, 5) is 15.4. The zero-order valence-electron chi connectivity index (χ0n) is 8.96. The van der Waals surface area contributed by atoms with Crippen LogP contribution in [0.15, 0.2) is 53.7 Å². The van der Waals surface area contributed by atoms with Crippen molar-refractivity contribution >= 4 is 18.0 Å². The average Bonchev–Trinajstić information content (AvgIpc) is 2.38. The molecule has 0 atom stereocenters. The number of nitrogens with two attached hydrogens (primary N) is 1. The lowest BCUT2D eigenvalue weighted by molar-refractivity contribution is 0.254. The van der Waals surface area contributed by atoms with Crippen LogP contribution in [-0.2, 0) is 0 Å². The van der Waals surface area contributed by atoms with Crippen LogP contribution in [0.1, 0.15) is 0 Å². The van der Waals surface area contributed by atoms with E-state index in [1.807, 2.05) is 36.4 Å². The number of aromatic nitrogens is 1. The molecule has 1 heterocycles. The van der Waals surface area contributed by atoms with Crippen LogP contribution in [0.4, 0.5) is 4.79 Å². The van der Waals surface area contributed by atoms with E-state index in [4.69, 9.17) is 5.73 Å². The van der Waals surface area contributed by atoms with Crippen molar-refractivity contribution in [3.63, 3.8) is 0 Å². The first-order chi connectivity index (χ1) is 8.25. The predicted molar refractivity (Wildman–Crippen MR) is 68.2 cm³/mol. The minimum absolute atomic E-state index is 0.548. The van der Waals surface area contributed by atoms with Gasteiger partial charge in [0.2, 0.25) is 0 Å². The molecule has 0 unspecified atom stereocenters. The fourth-order valence-electron chi connectivity index (χ4n) is 1.37. The molecule has 1 aromatic carbocycles. The van der Waals surface area contributed by atoms with Gasteiger partial charge in [-0.05, 0) is 47.3 Å². The molecule has 3 N–H and O–H groups in total. The van der Waals surface area contributed by atoms with Gasteiger partial charge in [-0.1, -0.05) is 12.1 Å². The van der Waals surface area contributed by atoms with Gasteiger partial charge in [0.15, 0.2) is 0 Å². The summed E-state index contributed by atoms with van der Waals surface area (Å²) in [6.07, 6.45) is 3.51. The zero-order valence-corrected chi connectivity index (χ0v) is 9.78. The summed E-state index contributed by atoms with van der Waals surface area (Å²) in [5, 5.41) is 0. The molecular formula is C12H11N3OS. The third-order valence-electron chi connectivity index (χ3n) is 2.14. The van der Waals surface area contributed by atoms with E-state index in [9.17, 15) is 4.79 Å². The van der Waals surface area contributed by atoms with Gasteiger partial charge in [0.25, 0.3) is 0 Å². The number of hydrogen-bond acceptors (Lipinski definition) is 3. The second-order valence-electron chi connectivity index (χ2n) is 3.33.